The molecule has 0 rings (SSSR count). The quantitative estimate of drug-likeness (QED) is 0.373. The van der Waals surface area contributed by atoms with Crippen molar-refractivity contribution in [2.24, 2.45) is 0 Å². The molecule has 0 aliphatic rings. The molecule has 0 amide bonds. The summed E-state index contributed by atoms with van der Waals surface area (Å²) in [6.45, 7) is 15.0. The van der Waals surface area contributed by atoms with Crippen LogP contribution < -0.4 is 0 Å². The molecule has 0 N–H and O–H groups in total. The van der Waals surface area contributed by atoms with Crippen LogP contribution in [0.1, 0.15) is 79.1 Å². The second-order valence-electron chi connectivity index (χ2n) is 5.74. The summed E-state index contributed by atoms with van der Waals surface area (Å²) in [6.07, 6.45) is 11.1. The van der Waals surface area contributed by atoms with Crippen molar-refractivity contribution in [2.45, 2.75) is 79.1 Å². The molecule has 2 nitrogen and oxygen atoms in total. The predicted octanol–water partition coefficient (Wildman–Crippen LogP) is 4.64. The fraction of sp³-hybridized carbons (Fsp3) is 0.941. The van der Waals surface area contributed by atoms with Gasteiger partial charge in [-0.3, -0.25) is 0 Å². The molecule has 0 aliphatic heterocycles. The van der Waals surface area contributed by atoms with E-state index in [-0.39, 0.29) is 0 Å². The van der Waals surface area contributed by atoms with E-state index in [1.54, 1.807) is 4.97 Å². The molecule has 0 aromatic carbocycles. The maximum absolute atomic E-state index is 7.26. The van der Waals surface area contributed by atoms with Crippen molar-refractivity contribution in [3.05, 3.63) is 0 Å². The standard InChI is InChI=1S/C16H36N.CHNSe/c1-5-9-13-17(14-10-6-2,15-11-7-3)16-12-8-4;2-1-3/h5-16H2,1-4H3;3H/q+1;/p-1. The Morgan fingerprint density at radius 3 is 1.05 bits per heavy atom. The van der Waals surface area contributed by atoms with Gasteiger partial charge in [0.15, 0.2) is 0 Å². The molecule has 120 valence electrons. The van der Waals surface area contributed by atoms with Crippen LogP contribution in [0.15, 0.2) is 0 Å². The maximum atomic E-state index is 7.26. The molecular weight excluding hydrogens is 311 g/mol. The second-order valence-corrected chi connectivity index (χ2v) is 6.12. The summed E-state index contributed by atoms with van der Waals surface area (Å²) in [6, 6.07) is 0. The molecule has 0 aromatic rings. The number of hydrogen-bond donors (Lipinski definition) is 0. The molecule has 3 heteroatoms. The van der Waals surface area contributed by atoms with Gasteiger partial charge >= 0.3 is 26.2 Å². The Hall–Kier alpha value is -0.0305. The van der Waals surface area contributed by atoms with E-state index in [1.165, 1.54) is 82.0 Å². The van der Waals surface area contributed by atoms with Gasteiger partial charge in [-0.15, -0.1) is 0 Å². The summed E-state index contributed by atoms with van der Waals surface area (Å²) in [5.41, 5.74) is 0. The van der Waals surface area contributed by atoms with Gasteiger partial charge in [-0.25, -0.2) is 0 Å². The third-order valence-electron chi connectivity index (χ3n) is 3.94. The van der Waals surface area contributed by atoms with Crippen molar-refractivity contribution in [3.63, 3.8) is 0 Å². The Labute approximate surface area is 136 Å². The first-order valence-electron chi connectivity index (χ1n) is 8.52. The fourth-order valence-corrected chi connectivity index (χ4v) is 2.64. The molecule has 0 saturated carbocycles. The summed E-state index contributed by atoms with van der Waals surface area (Å²) in [5.74, 6) is 0. The van der Waals surface area contributed by atoms with Gasteiger partial charge in [-0.2, -0.15) is 0 Å². The van der Waals surface area contributed by atoms with Crippen molar-refractivity contribution >= 4 is 16.0 Å². The van der Waals surface area contributed by atoms with Crippen LogP contribution in [-0.2, 0) is 0 Å². The topological polar surface area (TPSA) is 23.8 Å². The average molecular weight is 347 g/mol. The monoisotopic (exact) mass is 348 g/mol. The molecule has 20 heavy (non-hydrogen) atoms. The van der Waals surface area contributed by atoms with Crippen molar-refractivity contribution < 1.29 is 4.48 Å². The van der Waals surface area contributed by atoms with E-state index in [4.69, 9.17) is 5.26 Å². The Morgan fingerprint density at radius 1 is 0.700 bits per heavy atom. The molecular formula is C17H36N2Se. The molecule has 0 radical (unpaired) electrons. The Bertz CT molecular complexity index is 186. The van der Waals surface area contributed by atoms with E-state index in [0.717, 1.165) is 0 Å². The van der Waals surface area contributed by atoms with Gasteiger partial charge in [0, 0.05) is 0 Å². The molecule has 0 spiro atoms. The summed E-state index contributed by atoms with van der Waals surface area (Å²) in [4.78, 5) is 1.62. The Balaban J connectivity index is 0. The van der Waals surface area contributed by atoms with E-state index in [1.807, 2.05) is 0 Å². The zero-order chi connectivity index (χ0) is 15.7. The second kappa shape index (κ2) is 17.0. The Kier molecular flexibility index (Phi) is 18.9. The molecule has 0 bridgehead atoms. The van der Waals surface area contributed by atoms with Crippen LogP contribution in [0.5, 0.6) is 0 Å². The first-order valence-corrected chi connectivity index (χ1v) is 9.38. The minimum absolute atomic E-state index is 1.35. The summed E-state index contributed by atoms with van der Waals surface area (Å²) < 4.78 is 1.42. The molecule has 0 fully saturated rings. The average Bonchev–Trinajstić information content (AvgIpc) is 2.46. The van der Waals surface area contributed by atoms with Crippen molar-refractivity contribution in [2.75, 3.05) is 26.2 Å². The third-order valence-corrected chi connectivity index (χ3v) is 3.94. The van der Waals surface area contributed by atoms with Crippen LogP contribution in [0.3, 0.4) is 0 Å². The first kappa shape index (κ1) is 22.3. The zero-order valence-electron chi connectivity index (χ0n) is 14.3. The van der Waals surface area contributed by atoms with Crippen LogP contribution in [0, 0.1) is 10.2 Å². The van der Waals surface area contributed by atoms with Crippen molar-refractivity contribution in [1.29, 1.82) is 5.26 Å². The van der Waals surface area contributed by atoms with E-state index >= 15 is 0 Å². The predicted molar refractivity (Wildman–Crippen MR) is 90.7 cm³/mol. The number of quaternary nitrogens is 1. The number of nitriles is 1. The first-order chi connectivity index (χ1) is 9.66. The number of hydrogen-bond acceptors (Lipinski definition) is 1. The molecule has 0 aromatic heterocycles. The molecule has 0 unspecified atom stereocenters. The molecule has 0 aliphatic carbocycles. The van der Waals surface area contributed by atoms with Gasteiger partial charge in [-0.05, 0) is 25.7 Å². The van der Waals surface area contributed by atoms with Crippen LogP contribution in [0.2, 0.25) is 0 Å². The number of rotatable bonds is 12. The SMILES string of the molecule is CCCC[N+](CCCC)(CCCC)CCCC.N#C[Se-]. The van der Waals surface area contributed by atoms with Crippen LogP contribution in [0.4, 0.5) is 0 Å². The van der Waals surface area contributed by atoms with Gasteiger partial charge in [0.05, 0.1) is 26.2 Å². The van der Waals surface area contributed by atoms with Gasteiger partial charge in [0.1, 0.15) is 0 Å². The van der Waals surface area contributed by atoms with E-state index in [9.17, 15) is 0 Å². The van der Waals surface area contributed by atoms with Gasteiger partial charge in [0.25, 0.3) is 0 Å². The van der Waals surface area contributed by atoms with Crippen LogP contribution in [-0.4, -0.2) is 46.7 Å². The van der Waals surface area contributed by atoms with Gasteiger partial charge in [0.2, 0.25) is 0 Å². The van der Waals surface area contributed by atoms with E-state index < -0.39 is 0 Å². The van der Waals surface area contributed by atoms with Crippen molar-refractivity contribution in [3.8, 4) is 4.97 Å². The van der Waals surface area contributed by atoms with Crippen LogP contribution >= 0.6 is 0 Å². The third kappa shape index (κ3) is 13.0. The summed E-state index contributed by atoms with van der Waals surface area (Å²) >= 11 is 2.11. The number of unbranched alkanes of at least 4 members (excludes halogenated alkanes) is 4. The zero-order valence-corrected chi connectivity index (χ0v) is 16.0. The van der Waals surface area contributed by atoms with Gasteiger partial charge in [-0.1, -0.05) is 53.4 Å². The normalized spacial score (nSPS) is 10.6. The van der Waals surface area contributed by atoms with Crippen LogP contribution in [0.25, 0.3) is 0 Å². The Morgan fingerprint density at radius 2 is 0.900 bits per heavy atom. The summed E-state index contributed by atoms with van der Waals surface area (Å²) in [5, 5.41) is 7.26. The fourth-order valence-electron chi connectivity index (χ4n) is 2.64. The number of nitrogens with zero attached hydrogens (tertiary/aromatic N) is 2. The minimum atomic E-state index is 1.35. The molecule has 0 saturated heterocycles. The molecule has 0 heterocycles. The van der Waals surface area contributed by atoms with E-state index in [0.29, 0.717) is 0 Å². The molecule has 0 atom stereocenters. The summed E-state index contributed by atoms with van der Waals surface area (Å²) in [7, 11) is 0. The van der Waals surface area contributed by atoms with E-state index in [2.05, 4.69) is 43.7 Å². The van der Waals surface area contributed by atoms with Gasteiger partial charge < -0.3 is 4.48 Å². The van der Waals surface area contributed by atoms with Crippen molar-refractivity contribution in [1.82, 2.24) is 0 Å².